The first-order valence-electron chi connectivity index (χ1n) is 8.29. The molecule has 6 nitrogen and oxygen atoms in total. The lowest BCUT2D eigenvalue weighted by Gasteiger charge is -2.08. The van der Waals surface area contributed by atoms with E-state index in [0.717, 1.165) is 12.0 Å². The van der Waals surface area contributed by atoms with Crippen molar-refractivity contribution in [2.45, 2.75) is 19.8 Å². The highest BCUT2D eigenvalue weighted by Gasteiger charge is 2.12. The minimum absolute atomic E-state index is 0.217. The van der Waals surface area contributed by atoms with Crippen LogP contribution in [0.25, 0.3) is 0 Å². The molecule has 2 rings (SSSR count). The number of hydrazone groups is 1. The van der Waals surface area contributed by atoms with Gasteiger partial charge in [-0.05, 0) is 30.7 Å². The number of amides is 2. The van der Waals surface area contributed by atoms with Crippen molar-refractivity contribution in [3.63, 3.8) is 0 Å². The van der Waals surface area contributed by atoms with Crippen LogP contribution in [-0.4, -0.2) is 24.6 Å². The van der Waals surface area contributed by atoms with E-state index in [9.17, 15) is 9.59 Å². The van der Waals surface area contributed by atoms with Gasteiger partial charge < -0.3 is 10.1 Å². The molecule has 0 atom stereocenters. The fraction of sp³-hybridized carbons (Fsp3) is 0.211. The molecule has 0 saturated heterocycles. The Labute approximate surface area is 167 Å². The summed E-state index contributed by atoms with van der Waals surface area (Å²) in [5.41, 5.74) is 3.38. The number of carbonyl (C=O) groups is 2. The second-order valence-corrected chi connectivity index (χ2v) is 6.29. The van der Waals surface area contributed by atoms with Gasteiger partial charge in [0.25, 0.3) is 0 Å². The van der Waals surface area contributed by atoms with Crippen LogP contribution in [0.3, 0.4) is 0 Å². The van der Waals surface area contributed by atoms with Gasteiger partial charge in [-0.1, -0.05) is 48.3 Å². The summed E-state index contributed by atoms with van der Waals surface area (Å²) in [5, 5.41) is 6.93. The van der Waals surface area contributed by atoms with Crippen molar-refractivity contribution in [2.75, 3.05) is 11.9 Å². The Morgan fingerprint density at radius 3 is 2.67 bits per heavy atom. The number of ether oxygens (including phenoxy) is 1. The molecule has 142 valence electrons. The summed E-state index contributed by atoms with van der Waals surface area (Å²) in [6, 6.07) is 12.2. The van der Waals surface area contributed by atoms with Gasteiger partial charge in [-0.3, -0.25) is 9.59 Å². The summed E-state index contributed by atoms with van der Waals surface area (Å²) in [6.45, 7) is 2.60. The molecular formula is C19H19Cl2N3O3. The van der Waals surface area contributed by atoms with Gasteiger partial charge in [0.15, 0.2) is 0 Å². The summed E-state index contributed by atoms with van der Waals surface area (Å²) in [6.07, 6.45) is 1.94. The van der Waals surface area contributed by atoms with Gasteiger partial charge in [0, 0.05) is 5.56 Å². The highest BCUT2D eigenvalue weighted by molar-refractivity contribution is 6.44. The first-order chi connectivity index (χ1) is 13.0. The Morgan fingerprint density at radius 2 is 1.89 bits per heavy atom. The minimum Gasteiger partial charge on any atom is -0.493 e. The minimum atomic E-state index is -0.561. The van der Waals surface area contributed by atoms with Crippen LogP contribution in [0, 0.1) is 0 Å². The maximum Gasteiger partial charge on any atom is 0.249 e. The van der Waals surface area contributed by atoms with E-state index in [1.807, 2.05) is 31.2 Å². The highest BCUT2D eigenvalue weighted by Crippen LogP contribution is 2.29. The molecule has 0 spiro atoms. The number of rotatable bonds is 8. The normalized spacial score (nSPS) is 10.6. The third kappa shape index (κ3) is 6.58. The lowest BCUT2D eigenvalue weighted by atomic mass is 10.2. The molecule has 0 fully saturated rings. The SMILES string of the molecule is CCCOc1ccccc1C=NNC(=O)CC(=O)Nc1cccc(Cl)c1Cl. The number of hydrogen-bond donors (Lipinski definition) is 2. The topological polar surface area (TPSA) is 79.8 Å². The molecule has 0 bridgehead atoms. The number of anilines is 1. The second kappa shape index (κ2) is 10.5. The van der Waals surface area contributed by atoms with Gasteiger partial charge in [0.1, 0.15) is 12.2 Å². The van der Waals surface area contributed by atoms with E-state index >= 15 is 0 Å². The van der Waals surface area contributed by atoms with Crippen LogP contribution in [0.15, 0.2) is 47.6 Å². The Hall–Kier alpha value is -2.57. The third-order valence-corrected chi connectivity index (χ3v) is 4.14. The number of carbonyl (C=O) groups excluding carboxylic acids is 2. The van der Waals surface area contributed by atoms with Gasteiger partial charge >= 0.3 is 0 Å². The van der Waals surface area contributed by atoms with Crippen LogP contribution in [0.5, 0.6) is 5.75 Å². The van der Waals surface area contributed by atoms with E-state index in [0.29, 0.717) is 23.1 Å². The molecular weight excluding hydrogens is 389 g/mol. The van der Waals surface area contributed by atoms with Gasteiger partial charge in [-0.15, -0.1) is 0 Å². The number of halogens is 2. The third-order valence-electron chi connectivity index (χ3n) is 3.32. The van der Waals surface area contributed by atoms with E-state index < -0.39 is 18.2 Å². The van der Waals surface area contributed by atoms with Crippen molar-refractivity contribution in [3.05, 3.63) is 58.1 Å². The number of nitrogens with one attached hydrogen (secondary N) is 2. The fourth-order valence-electron chi connectivity index (χ4n) is 2.08. The largest absolute Gasteiger partial charge is 0.493 e. The molecule has 0 aliphatic carbocycles. The Morgan fingerprint density at radius 1 is 1.11 bits per heavy atom. The lowest BCUT2D eigenvalue weighted by molar-refractivity contribution is -0.126. The predicted octanol–water partition coefficient (Wildman–Crippen LogP) is 4.26. The molecule has 0 aliphatic heterocycles. The second-order valence-electron chi connectivity index (χ2n) is 5.51. The van der Waals surface area contributed by atoms with Gasteiger partial charge in [-0.25, -0.2) is 5.43 Å². The van der Waals surface area contributed by atoms with E-state index in [1.165, 1.54) is 6.21 Å². The summed E-state index contributed by atoms with van der Waals surface area (Å²) < 4.78 is 5.60. The summed E-state index contributed by atoms with van der Waals surface area (Å²) in [4.78, 5) is 23.8. The number of nitrogens with zero attached hydrogens (tertiary/aromatic N) is 1. The summed E-state index contributed by atoms with van der Waals surface area (Å²) in [7, 11) is 0. The van der Waals surface area contributed by atoms with Gasteiger partial charge in [0.2, 0.25) is 11.8 Å². The zero-order valence-corrected chi connectivity index (χ0v) is 16.2. The molecule has 8 heteroatoms. The average Bonchev–Trinajstić information content (AvgIpc) is 2.64. The van der Waals surface area contributed by atoms with Crippen molar-refractivity contribution >= 4 is 46.9 Å². The van der Waals surface area contributed by atoms with E-state index in [-0.39, 0.29) is 5.02 Å². The molecule has 2 N–H and O–H groups in total. The van der Waals surface area contributed by atoms with Crippen LogP contribution in [0.1, 0.15) is 25.3 Å². The maximum absolute atomic E-state index is 11.9. The average molecular weight is 408 g/mol. The van der Waals surface area contributed by atoms with E-state index in [4.69, 9.17) is 27.9 Å². The molecule has 2 aromatic rings. The smallest absolute Gasteiger partial charge is 0.249 e. The summed E-state index contributed by atoms with van der Waals surface area (Å²) in [5.74, 6) is -0.418. The molecule has 0 unspecified atom stereocenters. The highest BCUT2D eigenvalue weighted by atomic mass is 35.5. The molecule has 0 aromatic heterocycles. The monoisotopic (exact) mass is 407 g/mol. The number of benzene rings is 2. The molecule has 0 radical (unpaired) electrons. The molecule has 0 aliphatic rings. The molecule has 2 amide bonds. The maximum atomic E-state index is 11.9. The van der Waals surface area contributed by atoms with Crippen LogP contribution in [0.4, 0.5) is 5.69 Å². The van der Waals surface area contributed by atoms with Crippen LogP contribution in [0.2, 0.25) is 10.0 Å². The van der Waals surface area contributed by atoms with Crippen molar-refractivity contribution in [2.24, 2.45) is 5.10 Å². The van der Waals surface area contributed by atoms with Crippen LogP contribution < -0.4 is 15.5 Å². The Kier molecular flexibility index (Phi) is 8.10. The van der Waals surface area contributed by atoms with Crippen molar-refractivity contribution in [3.8, 4) is 5.75 Å². The predicted molar refractivity (Wildman–Crippen MR) is 108 cm³/mol. The van der Waals surface area contributed by atoms with Gasteiger partial charge in [0.05, 0.1) is 28.6 Å². The van der Waals surface area contributed by atoms with Crippen molar-refractivity contribution in [1.82, 2.24) is 5.43 Å². The zero-order valence-electron chi connectivity index (χ0n) is 14.7. The summed E-state index contributed by atoms with van der Waals surface area (Å²) >= 11 is 11.9. The molecule has 0 saturated carbocycles. The van der Waals surface area contributed by atoms with Gasteiger partial charge in [-0.2, -0.15) is 5.10 Å². The first-order valence-corrected chi connectivity index (χ1v) is 9.04. The zero-order chi connectivity index (χ0) is 19.6. The number of para-hydroxylation sites is 1. The lowest BCUT2D eigenvalue weighted by Crippen LogP contribution is -2.24. The van der Waals surface area contributed by atoms with Crippen LogP contribution in [-0.2, 0) is 9.59 Å². The van der Waals surface area contributed by atoms with Crippen molar-refractivity contribution in [1.29, 1.82) is 0 Å². The fourth-order valence-corrected chi connectivity index (χ4v) is 2.43. The Bertz CT molecular complexity index is 841. The van der Waals surface area contributed by atoms with E-state index in [2.05, 4.69) is 15.8 Å². The standard InChI is InChI=1S/C19H19Cl2N3O3/c1-2-10-27-16-9-4-3-6-13(16)12-22-24-18(26)11-17(25)23-15-8-5-7-14(20)19(15)21/h3-9,12H,2,10-11H2,1H3,(H,23,25)(H,24,26). The van der Waals surface area contributed by atoms with Crippen molar-refractivity contribution < 1.29 is 14.3 Å². The molecule has 0 heterocycles. The quantitative estimate of drug-likeness (QED) is 0.389. The number of hydrogen-bond acceptors (Lipinski definition) is 4. The Balaban J connectivity index is 1.88. The first kappa shape index (κ1) is 20.7. The van der Waals surface area contributed by atoms with Crippen LogP contribution >= 0.6 is 23.2 Å². The molecule has 27 heavy (non-hydrogen) atoms. The molecule has 2 aromatic carbocycles. The van der Waals surface area contributed by atoms with E-state index in [1.54, 1.807) is 18.2 Å².